The molecule has 0 radical (unpaired) electrons. The SMILES string of the molecule is O[C@H]1[C@H](O)[C@@H](O)CNC[C@@H]1O. The normalized spacial score (nSPS) is 46.9. The van der Waals surface area contributed by atoms with Crippen LogP contribution in [0.5, 0.6) is 0 Å². The van der Waals surface area contributed by atoms with E-state index in [1.54, 1.807) is 0 Å². The summed E-state index contributed by atoms with van der Waals surface area (Å²) < 4.78 is 0. The highest BCUT2D eigenvalue weighted by Gasteiger charge is 2.32. The van der Waals surface area contributed by atoms with Crippen LogP contribution < -0.4 is 5.32 Å². The molecular weight excluding hydrogens is 150 g/mol. The van der Waals surface area contributed by atoms with Crippen LogP contribution in [-0.2, 0) is 0 Å². The Morgan fingerprint density at radius 1 is 0.818 bits per heavy atom. The molecule has 11 heavy (non-hydrogen) atoms. The van der Waals surface area contributed by atoms with E-state index in [-0.39, 0.29) is 13.1 Å². The van der Waals surface area contributed by atoms with Crippen LogP contribution in [0.1, 0.15) is 0 Å². The van der Waals surface area contributed by atoms with E-state index in [0.717, 1.165) is 0 Å². The topological polar surface area (TPSA) is 93.0 Å². The van der Waals surface area contributed by atoms with Crippen LogP contribution in [0.15, 0.2) is 0 Å². The quantitative estimate of drug-likeness (QED) is 0.263. The summed E-state index contributed by atoms with van der Waals surface area (Å²) in [7, 11) is 0. The number of hydrogen-bond acceptors (Lipinski definition) is 5. The minimum Gasteiger partial charge on any atom is -0.389 e. The van der Waals surface area contributed by atoms with Crippen molar-refractivity contribution >= 4 is 0 Å². The van der Waals surface area contributed by atoms with Gasteiger partial charge in [0.2, 0.25) is 0 Å². The Labute approximate surface area is 64.3 Å². The summed E-state index contributed by atoms with van der Waals surface area (Å²) >= 11 is 0. The molecule has 1 aliphatic heterocycles. The molecule has 5 N–H and O–H groups in total. The summed E-state index contributed by atoms with van der Waals surface area (Å²) in [6, 6.07) is 0. The molecule has 5 heteroatoms. The first-order valence-electron chi connectivity index (χ1n) is 3.56. The minimum atomic E-state index is -1.26. The molecular formula is C6H13NO4. The van der Waals surface area contributed by atoms with Gasteiger partial charge in [0.15, 0.2) is 0 Å². The fourth-order valence-corrected chi connectivity index (χ4v) is 1.08. The van der Waals surface area contributed by atoms with E-state index in [0.29, 0.717) is 0 Å². The molecule has 0 spiro atoms. The second kappa shape index (κ2) is 3.46. The van der Waals surface area contributed by atoms with Crippen molar-refractivity contribution in [1.82, 2.24) is 5.32 Å². The summed E-state index contributed by atoms with van der Waals surface area (Å²) in [4.78, 5) is 0. The van der Waals surface area contributed by atoms with Crippen LogP contribution >= 0.6 is 0 Å². The Kier molecular flexibility index (Phi) is 2.80. The summed E-state index contributed by atoms with van der Waals surface area (Å²) in [6.45, 7) is 0.380. The van der Waals surface area contributed by atoms with Gasteiger partial charge in [0, 0.05) is 13.1 Å². The molecule has 0 saturated carbocycles. The molecule has 0 bridgehead atoms. The average Bonchev–Trinajstić information content (AvgIpc) is 2.07. The van der Waals surface area contributed by atoms with E-state index >= 15 is 0 Å². The number of β-amino-alcohol motifs (C(OH)–C–C–N with tert-alkyl or cyclic N) is 2. The largest absolute Gasteiger partial charge is 0.389 e. The molecule has 1 saturated heterocycles. The van der Waals surface area contributed by atoms with Crippen LogP contribution in [-0.4, -0.2) is 57.9 Å². The van der Waals surface area contributed by atoms with Gasteiger partial charge in [-0.05, 0) is 0 Å². The van der Waals surface area contributed by atoms with Crippen molar-refractivity contribution in [1.29, 1.82) is 0 Å². The lowest BCUT2D eigenvalue weighted by molar-refractivity contribution is -0.0894. The zero-order valence-electron chi connectivity index (χ0n) is 6.01. The zero-order valence-corrected chi connectivity index (χ0v) is 6.01. The van der Waals surface area contributed by atoms with Gasteiger partial charge in [-0.1, -0.05) is 0 Å². The Morgan fingerprint density at radius 2 is 1.18 bits per heavy atom. The number of aliphatic hydroxyl groups excluding tert-OH is 4. The second-order valence-corrected chi connectivity index (χ2v) is 2.77. The van der Waals surface area contributed by atoms with Crippen LogP contribution in [0.4, 0.5) is 0 Å². The number of aliphatic hydroxyl groups is 4. The maximum Gasteiger partial charge on any atom is 0.110 e. The molecule has 66 valence electrons. The van der Waals surface area contributed by atoms with Gasteiger partial charge in [0.05, 0.1) is 12.2 Å². The smallest absolute Gasteiger partial charge is 0.110 e. The van der Waals surface area contributed by atoms with E-state index in [2.05, 4.69) is 5.32 Å². The molecule has 5 nitrogen and oxygen atoms in total. The molecule has 0 aromatic heterocycles. The van der Waals surface area contributed by atoms with Crippen molar-refractivity contribution in [3.05, 3.63) is 0 Å². The summed E-state index contributed by atoms with van der Waals surface area (Å²) in [5, 5.41) is 39.0. The van der Waals surface area contributed by atoms with Crippen molar-refractivity contribution in [2.75, 3.05) is 13.1 Å². The third-order valence-electron chi connectivity index (χ3n) is 1.85. The van der Waals surface area contributed by atoms with Crippen LogP contribution in [0.2, 0.25) is 0 Å². The first kappa shape index (κ1) is 8.89. The average molecular weight is 163 g/mol. The molecule has 0 aromatic rings. The summed E-state index contributed by atoms with van der Waals surface area (Å²) in [5.74, 6) is 0. The third-order valence-corrected chi connectivity index (χ3v) is 1.85. The second-order valence-electron chi connectivity index (χ2n) is 2.77. The molecule has 1 fully saturated rings. The monoisotopic (exact) mass is 163 g/mol. The number of nitrogens with one attached hydrogen (secondary N) is 1. The van der Waals surface area contributed by atoms with Crippen molar-refractivity contribution in [3.63, 3.8) is 0 Å². The highest BCUT2D eigenvalue weighted by molar-refractivity contribution is 4.86. The first-order chi connectivity index (χ1) is 5.13. The van der Waals surface area contributed by atoms with E-state index in [1.807, 2.05) is 0 Å². The predicted octanol–water partition coefficient (Wildman–Crippen LogP) is -2.97. The standard InChI is InChI=1S/C6H13NO4/c8-3-1-7-2-4(9)6(11)5(3)10/h3-11H,1-2H2/t3-,4-,5+,6+/m0/s1. The van der Waals surface area contributed by atoms with Gasteiger partial charge in [-0.3, -0.25) is 0 Å². The highest BCUT2D eigenvalue weighted by atomic mass is 16.4. The lowest BCUT2D eigenvalue weighted by atomic mass is 10.1. The summed E-state index contributed by atoms with van der Waals surface area (Å²) in [6.07, 6.45) is -4.55. The molecule has 0 unspecified atom stereocenters. The maximum absolute atomic E-state index is 9.10. The summed E-state index contributed by atoms with van der Waals surface area (Å²) in [5.41, 5.74) is 0. The molecule has 1 aliphatic rings. The Bertz CT molecular complexity index is 118. The minimum absolute atomic E-state index is 0.190. The third kappa shape index (κ3) is 1.88. The van der Waals surface area contributed by atoms with Gasteiger partial charge >= 0.3 is 0 Å². The Balaban J connectivity index is 2.58. The van der Waals surface area contributed by atoms with Crippen molar-refractivity contribution < 1.29 is 20.4 Å². The first-order valence-corrected chi connectivity index (χ1v) is 3.56. The fraction of sp³-hybridized carbons (Fsp3) is 1.00. The van der Waals surface area contributed by atoms with Crippen LogP contribution in [0.3, 0.4) is 0 Å². The number of rotatable bonds is 0. The van der Waals surface area contributed by atoms with Crippen molar-refractivity contribution in [2.45, 2.75) is 24.4 Å². The van der Waals surface area contributed by atoms with Gasteiger partial charge in [0.1, 0.15) is 12.2 Å². The van der Waals surface area contributed by atoms with Crippen LogP contribution in [0.25, 0.3) is 0 Å². The van der Waals surface area contributed by atoms with Crippen molar-refractivity contribution in [3.8, 4) is 0 Å². The van der Waals surface area contributed by atoms with E-state index in [9.17, 15) is 0 Å². The fourth-order valence-electron chi connectivity index (χ4n) is 1.08. The lowest BCUT2D eigenvalue weighted by Gasteiger charge is -2.21. The highest BCUT2D eigenvalue weighted by Crippen LogP contribution is 2.07. The van der Waals surface area contributed by atoms with E-state index in [4.69, 9.17) is 20.4 Å². The molecule has 1 rings (SSSR count). The maximum atomic E-state index is 9.10. The molecule has 0 aromatic carbocycles. The van der Waals surface area contributed by atoms with Gasteiger partial charge in [-0.15, -0.1) is 0 Å². The number of hydrogen-bond donors (Lipinski definition) is 5. The van der Waals surface area contributed by atoms with Gasteiger partial charge < -0.3 is 25.7 Å². The van der Waals surface area contributed by atoms with E-state index in [1.165, 1.54) is 0 Å². The van der Waals surface area contributed by atoms with Crippen molar-refractivity contribution in [2.24, 2.45) is 0 Å². The Hall–Kier alpha value is -0.200. The molecule has 0 amide bonds. The molecule has 1 heterocycles. The van der Waals surface area contributed by atoms with Gasteiger partial charge in [-0.25, -0.2) is 0 Å². The van der Waals surface area contributed by atoms with Gasteiger partial charge in [-0.2, -0.15) is 0 Å². The molecule has 0 aliphatic carbocycles. The van der Waals surface area contributed by atoms with E-state index < -0.39 is 24.4 Å². The van der Waals surface area contributed by atoms with Gasteiger partial charge in [0.25, 0.3) is 0 Å². The predicted molar refractivity (Wildman–Crippen MR) is 36.9 cm³/mol. The molecule has 4 atom stereocenters. The zero-order chi connectivity index (χ0) is 8.43. The van der Waals surface area contributed by atoms with Crippen LogP contribution in [0, 0.1) is 0 Å². The Morgan fingerprint density at radius 3 is 1.55 bits per heavy atom. The lowest BCUT2D eigenvalue weighted by Crippen LogP contribution is -2.43.